The van der Waals surface area contributed by atoms with Crippen LogP contribution >= 0.6 is 0 Å². The Labute approximate surface area is 68.6 Å². The van der Waals surface area contributed by atoms with Crippen LogP contribution < -0.4 is 4.89 Å². The van der Waals surface area contributed by atoms with Crippen LogP contribution in [-0.2, 0) is 15.7 Å². The van der Waals surface area contributed by atoms with Gasteiger partial charge in [-0.3, -0.25) is 4.84 Å². The topological polar surface area (TPSA) is 55.4 Å². The molecule has 0 amide bonds. The fourth-order valence-corrected chi connectivity index (χ4v) is 0.615. The second-order valence-electron chi connectivity index (χ2n) is 3.21. The fourth-order valence-electron chi connectivity index (χ4n) is 0.418. The van der Waals surface area contributed by atoms with Gasteiger partial charge in [-0.2, -0.15) is 0 Å². The van der Waals surface area contributed by atoms with Gasteiger partial charge >= 0.3 is 0 Å². The molecule has 0 aliphatic rings. The maximum Gasteiger partial charge on any atom is 0.223 e. The summed E-state index contributed by atoms with van der Waals surface area (Å²) in [6.07, 6.45) is 0. The number of thiol groups is 1. The third-order valence-corrected chi connectivity index (χ3v) is 1.28. The molecule has 0 aliphatic heterocycles. The first-order valence-corrected chi connectivity index (χ1v) is 4.42. The van der Waals surface area contributed by atoms with Crippen molar-refractivity contribution in [2.45, 2.75) is 0 Å². The van der Waals surface area contributed by atoms with Crippen LogP contribution in [0, 0.1) is 0 Å². The van der Waals surface area contributed by atoms with E-state index in [0.717, 1.165) is 11.0 Å². The maximum absolute atomic E-state index is 9.92. The highest BCUT2D eigenvalue weighted by molar-refractivity contribution is 7.70. The number of hydrogen-bond donors (Lipinski definition) is 2. The van der Waals surface area contributed by atoms with E-state index in [1.165, 1.54) is 0 Å². The molecule has 0 fully saturated rings. The molecule has 0 rings (SSSR count). The Bertz CT molecular complexity index is 165. The van der Waals surface area contributed by atoms with Crippen LogP contribution in [0.25, 0.3) is 0 Å². The summed E-state index contributed by atoms with van der Waals surface area (Å²) < 4.78 is 20.6. The van der Waals surface area contributed by atoms with Gasteiger partial charge in [-0.25, -0.2) is 8.42 Å². The van der Waals surface area contributed by atoms with Crippen molar-refractivity contribution in [3.63, 3.8) is 0 Å². The third-order valence-electron chi connectivity index (χ3n) is 1.00. The van der Waals surface area contributed by atoms with E-state index in [9.17, 15) is 8.42 Å². The molecule has 5 nitrogen and oxygen atoms in total. The van der Waals surface area contributed by atoms with Crippen molar-refractivity contribution in [3.8, 4) is 0 Å². The first kappa shape index (κ1) is 10.8. The predicted octanol–water partition coefficient (Wildman–Crippen LogP) is -1.26. The Morgan fingerprint density at radius 3 is 2.27 bits per heavy atom. The molecule has 0 bridgehead atoms. The summed E-state index contributed by atoms with van der Waals surface area (Å²) in [5, 5.41) is 0. The second kappa shape index (κ2) is 4.66. The van der Waals surface area contributed by atoms with Gasteiger partial charge in [0.2, 0.25) is 10.9 Å². The number of hydrogen-bond acceptors (Lipinski definition) is 3. The molecule has 0 atom stereocenters. The lowest BCUT2D eigenvalue weighted by molar-refractivity contribution is -0.870. The zero-order chi connectivity index (χ0) is 8.91. The molecule has 0 aromatic carbocycles. The van der Waals surface area contributed by atoms with Crippen LogP contribution in [0.2, 0.25) is 0 Å². The average molecular weight is 183 g/mol. The van der Waals surface area contributed by atoms with Crippen molar-refractivity contribution < 1.29 is 17.7 Å². The molecule has 1 N–H and O–H groups in total. The Morgan fingerprint density at radius 2 is 1.91 bits per heavy atom. The number of rotatable bonds is 5. The largest absolute Gasteiger partial charge is 0.329 e. The summed E-state index contributed by atoms with van der Waals surface area (Å²) in [5.41, 5.74) is 0. The van der Waals surface area contributed by atoms with Gasteiger partial charge in [0.1, 0.15) is 13.2 Å². The standard InChI is InChI=1S/C5H15N2O3S/c1-7(2,3)4-5-10-6-11(8)9/h11H,4-5H2,1-3H3,(H,6,8,9)/q+1. The summed E-state index contributed by atoms with van der Waals surface area (Å²) in [6.45, 7) is 1.14. The molecular formula is C5H15N2O3S+. The van der Waals surface area contributed by atoms with Crippen LogP contribution in [0.4, 0.5) is 0 Å². The molecule has 0 unspecified atom stereocenters. The smallest absolute Gasteiger partial charge is 0.223 e. The Kier molecular flexibility index (Phi) is 4.58. The SMILES string of the molecule is C[N+](C)(C)CCON[SH](=O)=O. The van der Waals surface area contributed by atoms with E-state index in [0.29, 0.717) is 6.61 Å². The quantitative estimate of drug-likeness (QED) is 0.242. The van der Waals surface area contributed by atoms with Gasteiger partial charge < -0.3 is 4.48 Å². The predicted molar refractivity (Wildman–Crippen MR) is 42.3 cm³/mol. The fraction of sp³-hybridized carbons (Fsp3) is 1.00. The summed E-state index contributed by atoms with van der Waals surface area (Å²) in [4.78, 5) is 6.47. The van der Waals surface area contributed by atoms with Gasteiger partial charge in [-0.05, 0) is 0 Å². The van der Waals surface area contributed by atoms with Crippen LogP contribution in [0.1, 0.15) is 0 Å². The molecule has 0 radical (unpaired) electrons. The monoisotopic (exact) mass is 183 g/mol. The Morgan fingerprint density at radius 1 is 1.36 bits per heavy atom. The molecular weight excluding hydrogens is 168 g/mol. The Balaban J connectivity index is 3.29. The lowest BCUT2D eigenvalue weighted by Crippen LogP contribution is -2.38. The molecule has 0 aliphatic carbocycles. The van der Waals surface area contributed by atoms with E-state index in [2.05, 4.69) is 4.84 Å². The van der Waals surface area contributed by atoms with E-state index >= 15 is 0 Å². The maximum atomic E-state index is 9.92. The van der Waals surface area contributed by atoms with Crippen molar-refractivity contribution in [2.24, 2.45) is 0 Å². The summed E-state index contributed by atoms with van der Waals surface area (Å²) >= 11 is 0. The zero-order valence-electron chi connectivity index (χ0n) is 7.03. The zero-order valence-corrected chi connectivity index (χ0v) is 7.93. The normalized spacial score (nSPS) is 12.4. The molecule has 0 saturated heterocycles. The van der Waals surface area contributed by atoms with Gasteiger partial charge in [0.15, 0.2) is 0 Å². The lowest BCUT2D eigenvalue weighted by Gasteiger charge is -2.22. The number of nitrogens with zero attached hydrogens (tertiary/aromatic N) is 1. The van der Waals surface area contributed by atoms with Crippen molar-refractivity contribution >= 4 is 10.9 Å². The summed E-state index contributed by atoms with van der Waals surface area (Å²) in [7, 11) is 3.37. The van der Waals surface area contributed by atoms with Crippen molar-refractivity contribution in [2.75, 3.05) is 34.3 Å². The second-order valence-corrected chi connectivity index (χ2v) is 3.91. The van der Waals surface area contributed by atoms with Crippen molar-refractivity contribution in [1.29, 1.82) is 0 Å². The third kappa shape index (κ3) is 9.83. The van der Waals surface area contributed by atoms with Crippen LogP contribution in [0.15, 0.2) is 0 Å². The summed E-state index contributed by atoms with van der Waals surface area (Å²) in [6, 6.07) is 0. The minimum atomic E-state index is -2.63. The number of nitrogens with one attached hydrogen (secondary N) is 1. The molecule has 0 saturated carbocycles. The summed E-state index contributed by atoms with van der Waals surface area (Å²) in [5.74, 6) is 0. The van der Waals surface area contributed by atoms with Crippen LogP contribution in [0.5, 0.6) is 0 Å². The molecule has 0 spiro atoms. The first-order valence-electron chi connectivity index (χ1n) is 3.24. The molecule has 0 heterocycles. The lowest BCUT2D eigenvalue weighted by atomic mass is 10.5. The van der Waals surface area contributed by atoms with Crippen LogP contribution in [0.3, 0.4) is 0 Å². The van der Waals surface area contributed by atoms with Crippen molar-refractivity contribution in [1.82, 2.24) is 4.89 Å². The molecule has 0 aromatic rings. The van der Waals surface area contributed by atoms with Gasteiger partial charge in [-0.1, -0.05) is 4.89 Å². The molecule has 68 valence electrons. The highest BCUT2D eigenvalue weighted by Gasteiger charge is 2.05. The van der Waals surface area contributed by atoms with E-state index in [4.69, 9.17) is 0 Å². The van der Waals surface area contributed by atoms with Gasteiger partial charge in [0.25, 0.3) is 0 Å². The van der Waals surface area contributed by atoms with Crippen LogP contribution in [-0.4, -0.2) is 47.2 Å². The molecule has 0 aromatic heterocycles. The number of likely N-dealkylation sites (N-methyl/N-ethyl adjacent to an activating group) is 1. The van der Waals surface area contributed by atoms with E-state index in [1.807, 2.05) is 26.0 Å². The van der Waals surface area contributed by atoms with E-state index in [-0.39, 0.29) is 0 Å². The Hall–Kier alpha value is -0.170. The van der Waals surface area contributed by atoms with Gasteiger partial charge in [-0.15, -0.1) is 0 Å². The van der Waals surface area contributed by atoms with Crippen molar-refractivity contribution in [3.05, 3.63) is 0 Å². The minimum absolute atomic E-state index is 0.382. The van der Waals surface area contributed by atoms with Gasteiger partial charge in [0, 0.05) is 0 Å². The highest BCUT2D eigenvalue weighted by atomic mass is 32.2. The highest BCUT2D eigenvalue weighted by Crippen LogP contribution is 1.87. The average Bonchev–Trinajstić information content (AvgIpc) is 1.78. The van der Waals surface area contributed by atoms with Gasteiger partial charge in [0.05, 0.1) is 21.1 Å². The minimum Gasteiger partial charge on any atom is -0.329 e. The van der Waals surface area contributed by atoms with E-state index < -0.39 is 10.9 Å². The molecule has 6 heteroatoms. The first-order chi connectivity index (χ1) is 4.92. The molecule has 11 heavy (non-hydrogen) atoms. The van der Waals surface area contributed by atoms with E-state index in [1.54, 1.807) is 0 Å². The number of quaternary nitrogens is 1.